The van der Waals surface area contributed by atoms with E-state index in [4.69, 9.17) is 0 Å². The van der Waals surface area contributed by atoms with Gasteiger partial charge >= 0.3 is 0 Å². The Bertz CT molecular complexity index is 777. The standard InChI is InChI=1S/C14H9N3O2S2/c18-17(19)11-5-3-10(4-6-11)13-9-21-14(16-13)15-8-12-2-1-7-20-12/h1-9H/b15-8+. The predicted molar refractivity (Wildman–Crippen MR) is 85.8 cm³/mol. The van der Waals surface area contributed by atoms with Crippen molar-refractivity contribution in [2.45, 2.75) is 0 Å². The van der Waals surface area contributed by atoms with Crippen molar-refractivity contribution in [1.29, 1.82) is 0 Å². The zero-order valence-electron chi connectivity index (χ0n) is 10.7. The van der Waals surface area contributed by atoms with E-state index in [0.717, 1.165) is 16.1 Å². The van der Waals surface area contributed by atoms with E-state index in [9.17, 15) is 10.1 Å². The molecule has 0 aliphatic rings. The number of benzene rings is 1. The number of aromatic nitrogens is 1. The number of hydrogen-bond acceptors (Lipinski definition) is 6. The van der Waals surface area contributed by atoms with Crippen molar-refractivity contribution in [2.75, 3.05) is 0 Å². The Kier molecular flexibility index (Phi) is 3.85. The molecule has 2 heterocycles. The third kappa shape index (κ3) is 3.21. The average Bonchev–Trinajstić information content (AvgIpc) is 3.17. The van der Waals surface area contributed by atoms with Crippen LogP contribution in [0.15, 0.2) is 52.2 Å². The number of nitrogens with zero attached hydrogens (tertiary/aromatic N) is 3. The Morgan fingerprint density at radius 3 is 2.67 bits per heavy atom. The highest BCUT2D eigenvalue weighted by molar-refractivity contribution is 7.14. The molecule has 5 nitrogen and oxygen atoms in total. The van der Waals surface area contributed by atoms with Gasteiger partial charge in [-0.25, -0.2) is 9.98 Å². The topological polar surface area (TPSA) is 68.4 Å². The number of rotatable bonds is 4. The van der Waals surface area contributed by atoms with Crippen LogP contribution in [0.4, 0.5) is 10.8 Å². The third-order valence-corrected chi connectivity index (χ3v) is 4.27. The molecule has 0 N–H and O–H groups in total. The Morgan fingerprint density at radius 1 is 1.19 bits per heavy atom. The first-order valence-electron chi connectivity index (χ1n) is 6.00. The molecule has 0 radical (unpaired) electrons. The highest BCUT2D eigenvalue weighted by Gasteiger charge is 2.07. The summed E-state index contributed by atoms with van der Waals surface area (Å²) >= 11 is 3.05. The van der Waals surface area contributed by atoms with Crippen molar-refractivity contribution >= 4 is 39.7 Å². The Hall–Kier alpha value is -2.38. The molecule has 21 heavy (non-hydrogen) atoms. The lowest BCUT2D eigenvalue weighted by atomic mass is 10.1. The quantitative estimate of drug-likeness (QED) is 0.403. The highest BCUT2D eigenvalue weighted by Crippen LogP contribution is 2.28. The van der Waals surface area contributed by atoms with Gasteiger partial charge in [-0.3, -0.25) is 10.1 Å². The summed E-state index contributed by atoms with van der Waals surface area (Å²) in [5, 5.41) is 15.2. The van der Waals surface area contributed by atoms with Crippen LogP contribution in [0.2, 0.25) is 0 Å². The molecule has 1 aromatic carbocycles. The fourth-order valence-corrected chi connectivity index (χ4v) is 2.95. The summed E-state index contributed by atoms with van der Waals surface area (Å²) < 4.78 is 0. The van der Waals surface area contributed by atoms with E-state index in [1.54, 1.807) is 29.7 Å². The Labute approximate surface area is 128 Å². The molecule has 3 rings (SSSR count). The molecule has 0 aliphatic carbocycles. The molecule has 7 heteroatoms. The summed E-state index contributed by atoms with van der Waals surface area (Å²) in [6.07, 6.45) is 1.78. The number of thiazole rings is 1. The smallest absolute Gasteiger partial charge is 0.258 e. The molecule has 0 saturated carbocycles. The van der Waals surface area contributed by atoms with Gasteiger partial charge in [0, 0.05) is 34.2 Å². The van der Waals surface area contributed by atoms with Crippen LogP contribution in [-0.4, -0.2) is 16.1 Å². The maximum Gasteiger partial charge on any atom is 0.269 e. The number of thiophene rings is 1. The monoisotopic (exact) mass is 315 g/mol. The third-order valence-electron chi connectivity index (χ3n) is 2.71. The van der Waals surface area contributed by atoms with Crippen LogP contribution >= 0.6 is 22.7 Å². The van der Waals surface area contributed by atoms with E-state index >= 15 is 0 Å². The van der Waals surface area contributed by atoms with Gasteiger partial charge in [-0.05, 0) is 23.6 Å². The van der Waals surface area contributed by atoms with Gasteiger partial charge in [-0.1, -0.05) is 6.07 Å². The van der Waals surface area contributed by atoms with Crippen molar-refractivity contribution in [1.82, 2.24) is 4.98 Å². The van der Waals surface area contributed by atoms with Crippen molar-refractivity contribution in [2.24, 2.45) is 4.99 Å². The van der Waals surface area contributed by atoms with Crippen LogP contribution in [0.1, 0.15) is 4.88 Å². The Morgan fingerprint density at radius 2 is 2.00 bits per heavy atom. The average molecular weight is 315 g/mol. The zero-order valence-corrected chi connectivity index (χ0v) is 12.3. The summed E-state index contributed by atoms with van der Waals surface area (Å²) in [5.41, 5.74) is 1.69. The van der Waals surface area contributed by atoms with Gasteiger partial charge < -0.3 is 0 Å². The molecule has 3 aromatic rings. The van der Waals surface area contributed by atoms with Crippen LogP contribution in [0.25, 0.3) is 11.3 Å². The second-order valence-electron chi connectivity index (χ2n) is 4.09. The van der Waals surface area contributed by atoms with Crippen LogP contribution in [0.3, 0.4) is 0 Å². The van der Waals surface area contributed by atoms with E-state index in [1.165, 1.54) is 23.5 Å². The van der Waals surface area contributed by atoms with Crippen molar-refractivity contribution in [3.63, 3.8) is 0 Å². The minimum absolute atomic E-state index is 0.0740. The molecular weight excluding hydrogens is 306 g/mol. The summed E-state index contributed by atoms with van der Waals surface area (Å²) in [5.74, 6) is 0. The van der Waals surface area contributed by atoms with E-state index in [0.29, 0.717) is 5.13 Å². The van der Waals surface area contributed by atoms with Crippen LogP contribution in [0, 0.1) is 10.1 Å². The molecule has 0 unspecified atom stereocenters. The minimum Gasteiger partial charge on any atom is -0.258 e. The van der Waals surface area contributed by atoms with Gasteiger partial charge in [-0.15, -0.1) is 22.7 Å². The van der Waals surface area contributed by atoms with Gasteiger partial charge in [-0.2, -0.15) is 0 Å². The lowest BCUT2D eigenvalue weighted by Gasteiger charge is -1.95. The number of nitro benzene ring substituents is 1. The maximum atomic E-state index is 10.6. The summed E-state index contributed by atoms with van der Waals surface area (Å²) in [6, 6.07) is 10.3. The molecule has 0 aliphatic heterocycles. The number of non-ortho nitro benzene ring substituents is 1. The normalized spacial score (nSPS) is 11.0. The molecule has 0 spiro atoms. The van der Waals surface area contributed by atoms with E-state index in [1.807, 2.05) is 22.9 Å². The first-order chi connectivity index (χ1) is 10.2. The van der Waals surface area contributed by atoms with Gasteiger partial charge in [0.25, 0.3) is 5.69 Å². The number of aliphatic imine (C=N–C) groups is 1. The van der Waals surface area contributed by atoms with Crippen molar-refractivity contribution < 1.29 is 4.92 Å². The highest BCUT2D eigenvalue weighted by atomic mass is 32.1. The maximum absolute atomic E-state index is 10.6. The molecule has 2 aromatic heterocycles. The minimum atomic E-state index is -0.415. The largest absolute Gasteiger partial charge is 0.269 e. The van der Waals surface area contributed by atoms with Gasteiger partial charge in [0.15, 0.2) is 0 Å². The lowest BCUT2D eigenvalue weighted by Crippen LogP contribution is -1.87. The molecule has 104 valence electrons. The van der Waals surface area contributed by atoms with E-state index in [2.05, 4.69) is 9.98 Å². The second kappa shape index (κ2) is 5.94. The van der Waals surface area contributed by atoms with Crippen molar-refractivity contribution in [3.8, 4) is 11.3 Å². The molecule has 0 bridgehead atoms. The summed E-state index contributed by atoms with van der Waals surface area (Å²) in [6.45, 7) is 0. The summed E-state index contributed by atoms with van der Waals surface area (Å²) in [7, 11) is 0. The predicted octanol–water partition coefficient (Wildman–Crippen LogP) is 4.53. The fraction of sp³-hybridized carbons (Fsp3) is 0. The first-order valence-corrected chi connectivity index (χ1v) is 7.76. The zero-order chi connectivity index (χ0) is 14.7. The first kappa shape index (κ1) is 13.6. The van der Waals surface area contributed by atoms with Gasteiger partial charge in [0.05, 0.1) is 10.6 Å². The van der Waals surface area contributed by atoms with Gasteiger partial charge in [0.1, 0.15) is 0 Å². The van der Waals surface area contributed by atoms with Crippen LogP contribution in [-0.2, 0) is 0 Å². The Balaban J connectivity index is 1.79. The van der Waals surface area contributed by atoms with E-state index < -0.39 is 4.92 Å². The molecule has 0 amide bonds. The second-order valence-corrected chi connectivity index (χ2v) is 5.91. The fourth-order valence-electron chi connectivity index (χ4n) is 1.69. The van der Waals surface area contributed by atoms with Gasteiger partial charge in [0.2, 0.25) is 5.13 Å². The van der Waals surface area contributed by atoms with Crippen molar-refractivity contribution in [3.05, 3.63) is 62.1 Å². The van der Waals surface area contributed by atoms with Crippen LogP contribution < -0.4 is 0 Å². The molecule has 0 atom stereocenters. The molecular formula is C14H9N3O2S2. The molecule has 0 fully saturated rings. The number of hydrogen-bond donors (Lipinski definition) is 0. The molecule has 0 saturated heterocycles. The SMILES string of the molecule is O=[N+]([O-])c1ccc(-c2csc(/N=C/c3cccs3)n2)cc1. The van der Waals surface area contributed by atoms with Crippen LogP contribution in [0.5, 0.6) is 0 Å². The number of nitro groups is 1. The lowest BCUT2D eigenvalue weighted by molar-refractivity contribution is -0.384. The summed E-state index contributed by atoms with van der Waals surface area (Å²) in [4.78, 5) is 20.0. The van der Waals surface area contributed by atoms with E-state index in [-0.39, 0.29) is 5.69 Å².